The van der Waals surface area contributed by atoms with Gasteiger partial charge in [-0.3, -0.25) is 0 Å². The third kappa shape index (κ3) is 2.30. The summed E-state index contributed by atoms with van der Waals surface area (Å²) >= 11 is 0. The number of anilines is 1. The molecule has 78 valence electrons. The molecule has 0 saturated carbocycles. The molecule has 1 atom stereocenters. The van der Waals surface area contributed by atoms with Crippen LogP contribution in [0.4, 0.5) is 5.69 Å². The SMILES string of the molecule is CCCC1C=CC=CN1c1ccccc1. The highest BCUT2D eigenvalue weighted by Gasteiger charge is 2.14. The van der Waals surface area contributed by atoms with Gasteiger partial charge in [-0.25, -0.2) is 0 Å². The summed E-state index contributed by atoms with van der Waals surface area (Å²) < 4.78 is 0. The average Bonchev–Trinajstić information content (AvgIpc) is 2.31. The van der Waals surface area contributed by atoms with E-state index in [-0.39, 0.29) is 0 Å². The van der Waals surface area contributed by atoms with Gasteiger partial charge in [-0.1, -0.05) is 43.7 Å². The monoisotopic (exact) mass is 199 g/mol. The summed E-state index contributed by atoms with van der Waals surface area (Å²) in [5.41, 5.74) is 1.27. The molecule has 1 aromatic carbocycles. The first-order chi connectivity index (χ1) is 7.42. The van der Waals surface area contributed by atoms with E-state index in [1.807, 2.05) is 0 Å². The van der Waals surface area contributed by atoms with Gasteiger partial charge in [0, 0.05) is 11.9 Å². The zero-order valence-electron chi connectivity index (χ0n) is 9.13. The van der Waals surface area contributed by atoms with Crippen LogP contribution in [0.1, 0.15) is 19.8 Å². The molecule has 1 nitrogen and oxygen atoms in total. The van der Waals surface area contributed by atoms with Gasteiger partial charge < -0.3 is 4.90 Å². The normalized spacial score (nSPS) is 19.5. The number of rotatable bonds is 3. The lowest BCUT2D eigenvalue weighted by atomic mass is 10.1. The van der Waals surface area contributed by atoms with Crippen molar-refractivity contribution < 1.29 is 0 Å². The molecule has 0 bridgehead atoms. The molecule has 0 fully saturated rings. The highest BCUT2D eigenvalue weighted by molar-refractivity contribution is 5.52. The first-order valence-corrected chi connectivity index (χ1v) is 5.60. The summed E-state index contributed by atoms with van der Waals surface area (Å²) in [5, 5.41) is 0. The van der Waals surface area contributed by atoms with Crippen LogP contribution >= 0.6 is 0 Å². The molecule has 0 saturated heterocycles. The summed E-state index contributed by atoms with van der Waals surface area (Å²) in [7, 11) is 0. The minimum Gasteiger partial charge on any atom is -0.341 e. The molecule has 1 aliphatic rings. The third-order valence-corrected chi connectivity index (χ3v) is 2.69. The van der Waals surface area contributed by atoms with Gasteiger partial charge in [0.2, 0.25) is 0 Å². The Morgan fingerprint density at radius 1 is 1.13 bits per heavy atom. The molecule has 0 radical (unpaired) electrons. The number of benzene rings is 1. The summed E-state index contributed by atoms with van der Waals surface area (Å²) in [6.45, 7) is 2.23. The van der Waals surface area contributed by atoms with E-state index in [9.17, 15) is 0 Å². The predicted molar refractivity (Wildman–Crippen MR) is 65.9 cm³/mol. The van der Waals surface area contributed by atoms with Gasteiger partial charge in [0.05, 0.1) is 6.04 Å². The van der Waals surface area contributed by atoms with Crippen molar-refractivity contribution in [1.29, 1.82) is 0 Å². The molecule has 0 amide bonds. The number of allylic oxidation sites excluding steroid dienone is 2. The van der Waals surface area contributed by atoms with Gasteiger partial charge in [0.1, 0.15) is 0 Å². The van der Waals surface area contributed by atoms with E-state index in [1.54, 1.807) is 0 Å². The third-order valence-electron chi connectivity index (χ3n) is 2.69. The van der Waals surface area contributed by atoms with Crippen LogP contribution in [0.5, 0.6) is 0 Å². The summed E-state index contributed by atoms with van der Waals surface area (Å²) in [6.07, 6.45) is 11.1. The molecule has 0 aliphatic carbocycles. The van der Waals surface area contributed by atoms with Crippen LogP contribution in [0.3, 0.4) is 0 Å². The maximum atomic E-state index is 2.34. The summed E-state index contributed by atoms with van der Waals surface area (Å²) in [4.78, 5) is 2.34. The molecule has 0 spiro atoms. The highest BCUT2D eigenvalue weighted by atomic mass is 15.1. The number of hydrogen-bond donors (Lipinski definition) is 0. The van der Waals surface area contributed by atoms with E-state index in [1.165, 1.54) is 18.5 Å². The zero-order valence-corrected chi connectivity index (χ0v) is 9.13. The second-order valence-corrected chi connectivity index (χ2v) is 3.83. The Morgan fingerprint density at radius 3 is 2.67 bits per heavy atom. The largest absolute Gasteiger partial charge is 0.341 e. The Hall–Kier alpha value is -1.50. The molecule has 1 heterocycles. The predicted octanol–water partition coefficient (Wildman–Crippen LogP) is 3.75. The van der Waals surface area contributed by atoms with Crippen LogP contribution in [0, 0.1) is 0 Å². The molecule has 0 aromatic heterocycles. The van der Waals surface area contributed by atoms with Crippen molar-refractivity contribution in [3.63, 3.8) is 0 Å². The topological polar surface area (TPSA) is 3.24 Å². The summed E-state index contributed by atoms with van der Waals surface area (Å²) in [6, 6.07) is 11.1. The zero-order chi connectivity index (χ0) is 10.5. The van der Waals surface area contributed by atoms with Crippen LogP contribution in [0.2, 0.25) is 0 Å². The fraction of sp³-hybridized carbons (Fsp3) is 0.286. The minimum atomic E-state index is 0.516. The van der Waals surface area contributed by atoms with E-state index in [2.05, 4.69) is 66.6 Å². The van der Waals surface area contributed by atoms with Crippen LogP contribution in [-0.4, -0.2) is 6.04 Å². The number of nitrogens with zero attached hydrogens (tertiary/aromatic N) is 1. The molecule has 15 heavy (non-hydrogen) atoms. The van der Waals surface area contributed by atoms with Crippen molar-refractivity contribution >= 4 is 5.69 Å². The quantitative estimate of drug-likeness (QED) is 0.716. The van der Waals surface area contributed by atoms with Crippen LogP contribution in [0.15, 0.2) is 54.8 Å². The minimum absolute atomic E-state index is 0.516. The van der Waals surface area contributed by atoms with E-state index in [0.29, 0.717) is 6.04 Å². The second kappa shape index (κ2) is 4.83. The van der Waals surface area contributed by atoms with E-state index in [4.69, 9.17) is 0 Å². The van der Waals surface area contributed by atoms with Crippen molar-refractivity contribution in [2.45, 2.75) is 25.8 Å². The number of para-hydroxylation sites is 1. The van der Waals surface area contributed by atoms with E-state index < -0.39 is 0 Å². The van der Waals surface area contributed by atoms with Crippen LogP contribution in [-0.2, 0) is 0 Å². The van der Waals surface area contributed by atoms with Crippen LogP contribution in [0.25, 0.3) is 0 Å². The average molecular weight is 199 g/mol. The maximum absolute atomic E-state index is 2.34. The van der Waals surface area contributed by atoms with Gasteiger partial charge in [-0.15, -0.1) is 0 Å². The van der Waals surface area contributed by atoms with Crippen molar-refractivity contribution in [2.75, 3.05) is 4.90 Å². The smallest absolute Gasteiger partial charge is 0.0519 e. The lowest BCUT2D eigenvalue weighted by molar-refractivity contribution is 0.676. The van der Waals surface area contributed by atoms with E-state index in [0.717, 1.165) is 0 Å². The number of hydrogen-bond acceptors (Lipinski definition) is 1. The fourth-order valence-electron chi connectivity index (χ4n) is 1.95. The molecular weight excluding hydrogens is 182 g/mol. The fourth-order valence-corrected chi connectivity index (χ4v) is 1.95. The molecule has 2 rings (SSSR count). The lowest BCUT2D eigenvalue weighted by Crippen LogP contribution is -2.30. The Bertz CT molecular complexity index is 351. The van der Waals surface area contributed by atoms with Crippen LogP contribution < -0.4 is 4.90 Å². The van der Waals surface area contributed by atoms with Gasteiger partial charge >= 0.3 is 0 Å². The standard InChI is InChI=1S/C14H17N/c1-2-8-13-11-6-7-12-15(13)14-9-4-3-5-10-14/h3-7,9-13H,2,8H2,1H3. The molecule has 1 aliphatic heterocycles. The Balaban J connectivity index is 2.20. The van der Waals surface area contributed by atoms with Crippen molar-refractivity contribution in [2.24, 2.45) is 0 Å². The molecular formula is C14H17N. The highest BCUT2D eigenvalue weighted by Crippen LogP contribution is 2.22. The van der Waals surface area contributed by atoms with Gasteiger partial charge in [0.15, 0.2) is 0 Å². The van der Waals surface area contributed by atoms with Crippen molar-refractivity contribution in [1.82, 2.24) is 0 Å². The first kappa shape index (κ1) is 10.0. The molecule has 1 heteroatoms. The lowest BCUT2D eigenvalue weighted by Gasteiger charge is -2.30. The van der Waals surface area contributed by atoms with Gasteiger partial charge in [-0.2, -0.15) is 0 Å². The first-order valence-electron chi connectivity index (χ1n) is 5.60. The van der Waals surface area contributed by atoms with Crippen molar-refractivity contribution in [3.8, 4) is 0 Å². The Labute approximate surface area is 91.7 Å². The van der Waals surface area contributed by atoms with Crippen molar-refractivity contribution in [3.05, 3.63) is 54.8 Å². The molecule has 0 N–H and O–H groups in total. The Kier molecular flexibility index (Phi) is 3.23. The molecule has 1 aromatic rings. The van der Waals surface area contributed by atoms with Gasteiger partial charge in [-0.05, 0) is 24.6 Å². The van der Waals surface area contributed by atoms with E-state index >= 15 is 0 Å². The summed E-state index contributed by atoms with van der Waals surface area (Å²) in [5.74, 6) is 0. The maximum Gasteiger partial charge on any atom is 0.0519 e. The Morgan fingerprint density at radius 2 is 1.93 bits per heavy atom. The second-order valence-electron chi connectivity index (χ2n) is 3.83. The molecule has 1 unspecified atom stereocenters. The van der Waals surface area contributed by atoms with Gasteiger partial charge in [0.25, 0.3) is 0 Å².